The highest BCUT2D eigenvalue weighted by Gasteiger charge is 2.23. The zero-order valence-electron chi connectivity index (χ0n) is 12.0. The number of amides is 1. The molecule has 7 heteroatoms. The average molecular weight is 319 g/mol. The Morgan fingerprint density at radius 3 is 2.73 bits per heavy atom. The molecule has 1 aliphatic rings. The summed E-state index contributed by atoms with van der Waals surface area (Å²) < 4.78 is 4.93. The Hall–Kier alpha value is -2.34. The van der Waals surface area contributed by atoms with Crippen LogP contribution in [0.2, 0.25) is 5.15 Å². The summed E-state index contributed by atoms with van der Waals surface area (Å²) in [5.74, 6) is 0.618. The van der Waals surface area contributed by atoms with Gasteiger partial charge in [-0.05, 0) is 24.6 Å². The lowest BCUT2D eigenvalue weighted by Gasteiger charge is -2.17. The van der Waals surface area contributed by atoms with Gasteiger partial charge >= 0.3 is 6.09 Å². The van der Waals surface area contributed by atoms with Crippen LogP contribution >= 0.6 is 11.6 Å². The van der Waals surface area contributed by atoms with Crippen molar-refractivity contribution in [3.05, 3.63) is 47.4 Å². The van der Waals surface area contributed by atoms with Gasteiger partial charge in [0.05, 0.1) is 18.9 Å². The molecule has 1 amide bonds. The van der Waals surface area contributed by atoms with E-state index in [-0.39, 0.29) is 12.1 Å². The Morgan fingerprint density at radius 2 is 2.09 bits per heavy atom. The number of nitrogens with one attached hydrogen (secondary N) is 1. The molecule has 0 bridgehead atoms. The van der Waals surface area contributed by atoms with Gasteiger partial charge in [0.2, 0.25) is 0 Å². The summed E-state index contributed by atoms with van der Waals surface area (Å²) in [6, 6.07) is 7.79. The first kappa shape index (κ1) is 14.6. The van der Waals surface area contributed by atoms with E-state index < -0.39 is 0 Å². The molecule has 2 aromatic rings. The van der Waals surface area contributed by atoms with Crippen molar-refractivity contribution >= 4 is 29.2 Å². The number of nitrogens with zero attached hydrogens (tertiary/aromatic N) is 3. The van der Waals surface area contributed by atoms with Gasteiger partial charge in [-0.3, -0.25) is 9.88 Å². The number of rotatable bonds is 4. The fourth-order valence-electron chi connectivity index (χ4n) is 2.29. The lowest BCUT2D eigenvalue weighted by atomic mass is 10.1. The SMILES string of the molecule is C[C@@H](Nc1cncc(Cl)n1)c1ccc(N2CCOC2=O)cc1. The molecule has 1 atom stereocenters. The second-order valence-corrected chi connectivity index (χ2v) is 5.34. The monoisotopic (exact) mass is 318 g/mol. The number of aromatic nitrogens is 2. The Labute approximate surface area is 133 Å². The second kappa shape index (κ2) is 6.19. The van der Waals surface area contributed by atoms with Crippen LogP contribution < -0.4 is 10.2 Å². The summed E-state index contributed by atoms with van der Waals surface area (Å²) in [5.41, 5.74) is 1.90. The summed E-state index contributed by atoms with van der Waals surface area (Å²) in [6.45, 7) is 3.04. The fraction of sp³-hybridized carbons (Fsp3) is 0.267. The molecule has 0 unspecified atom stereocenters. The van der Waals surface area contributed by atoms with Crippen molar-refractivity contribution in [2.45, 2.75) is 13.0 Å². The first-order chi connectivity index (χ1) is 10.6. The number of cyclic esters (lactones) is 1. The molecule has 0 aliphatic carbocycles. The van der Waals surface area contributed by atoms with Crippen LogP contribution in [0.1, 0.15) is 18.5 Å². The predicted molar refractivity (Wildman–Crippen MR) is 84.2 cm³/mol. The highest BCUT2D eigenvalue weighted by atomic mass is 35.5. The first-order valence-corrected chi connectivity index (χ1v) is 7.29. The Bertz CT molecular complexity index is 677. The molecular weight excluding hydrogens is 304 g/mol. The van der Waals surface area contributed by atoms with E-state index in [0.29, 0.717) is 24.1 Å². The number of hydrogen-bond donors (Lipinski definition) is 1. The van der Waals surface area contributed by atoms with Crippen LogP contribution in [0.15, 0.2) is 36.7 Å². The maximum absolute atomic E-state index is 11.5. The van der Waals surface area contributed by atoms with Gasteiger partial charge < -0.3 is 10.1 Å². The minimum Gasteiger partial charge on any atom is -0.447 e. The molecule has 22 heavy (non-hydrogen) atoms. The van der Waals surface area contributed by atoms with E-state index in [0.717, 1.165) is 11.3 Å². The van der Waals surface area contributed by atoms with Crippen LogP contribution in [0.4, 0.5) is 16.3 Å². The highest BCUT2D eigenvalue weighted by molar-refractivity contribution is 6.29. The molecule has 0 spiro atoms. The zero-order valence-corrected chi connectivity index (χ0v) is 12.7. The number of benzene rings is 1. The molecule has 1 aliphatic heterocycles. The van der Waals surface area contributed by atoms with Gasteiger partial charge in [0.15, 0.2) is 0 Å². The van der Waals surface area contributed by atoms with Gasteiger partial charge in [0, 0.05) is 11.7 Å². The van der Waals surface area contributed by atoms with E-state index in [1.165, 1.54) is 6.20 Å². The van der Waals surface area contributed by atoms with Crippen molar-refractivity contribution in [3.8, 4) is 0 Å². The minimum absolute atomic E-state index is 0.0346. The van der Waals surface area contributed by atoms with Crippen LogP contribution in [0.25, 0.3) is 0 Å². The number of halogens is 1. The second-order valence-electron chi connectivity index (χ2n) is 4.95. The quantitative estimate of drug-likeness (QED) is 0.937. The maximum Gasteiger partial charge on any atom is 0.414 e. The first-order valence-electron chi connectivity index (χ1n) is 6.92. The largest absolute Gasteiger partial charge is 0.447 e. The molecule has 0 radical (unpaired) electrons. The molecule has 1 fully saturated rings. The number of hydrogen-bond acceptors (Lipinski definition) is 5. The standard InChI is InChI=1S/C15H15ClN4O2/c1-10(18-14-9-17-8-13(16)19-14)11-2-4-12(5-3-11)20-6-7-22-15(20)21/h2-5,8-10H,6-7H2,1H3,(H,18,19)/t10-/m1/s1. The lowest BCUT2D eigenvalue weighted by molar-refractivity contribution is 0.181. The molecule has 1 aromatic carbocycles. The average Bonchev–Trinajstić information content (AvgIpc) is 2.93. The van der Waals surface area contributed by atoms with Gasteiger partial charge in [0.1, 0.15) is 17.6 Å². The normalized spacial score (nSPS) is 15.5. The summed E-state index contributed by atoms with van der Waals surface area (Å²) >= 11 is 5.82. The molecule has 1 N–H and O–H groups in total. The lowest BCUT2D eigenvalue weighted by Crippen LogP contribution is -2.23. The highest BCUT2D eigenvalue weighted by Crippen LogP contribution is 2.23. The van der Waals surface area contributed by atoms with Crippen molar-refractivity contribution in [2.24, 2.45) is 0 Å². The molecular formula is C15H15ClN4O2. The summed E-state index contributed by atoms with van der Waals surface area (Å²) in [6.07, 6.45) is 2.81. The molecule has 3 rings (SSSR count). The van der Waals surface area contributed by atoms with E-state index in [1.54, 1.807) is 11.1 Å². The predicted octanol–water partition coefficient (Wildman–Crippen LogP) is 3.26. The van der Waals surface area contributed by atoms with Gasteiger partial charge in [-0.1, -0.05) is 23.7 Å². The Morgan fingerprint density at radius 1 is 1.32 bits per heavy atom. The summed E-state index contributed by atoms with van der Waals surface area (Å²) in [5, 5.41) is 3.58. The molecule has 2 heterocycles. The number of carbonyl (C=O) groups is 1. The third-order valence-corrected chi connectivity index (χ3v) is 3.62. The smallest absolute Gasteiger partial charge is 0.414 e. The summed E-state index contributed by atoms with van der Waals surface area (Å²) in [4.78, 5) is 21.3. The molecule has 6 nitrogen and oxygen atoms in total. The fourth-order valence-corrected chi connectivity index (χ4v) is 2.44. The van der Waals surface area contributed by atoms with E-state index >= 15 is 0 Å². The van der Waals surface area contributed by atoms with Crippen LogP contribution in [-0.2, 0) is 4.74 Å². The third-order valence-electron chi connectivity index (χ3n) is 3.44. The Kier molecular flexibility index (Phi) is 4.11. The van der Waals surface area contributed by atoms with E-state index in [4.69, 9.17) is 16.3 Å². The van der Waals surface area contributed by atoms with E-state index in [9.17, 15) is 4.79 Å². The van der Waals surface area contributed by atoms with Crippen LogP contribution in [0.5, 0.6) is 0 Å². The van der Waals surface area contributed by atoms with Crippen molar-refractivity contribution in [1.82, 2.24) is 9.97 Å². The molecule has 114 valence electrons. The van der Waals surface area contributed by atoms with Crippen LogP contribution in [0, 0.1) is 0 Å². The van der Waals surface area contributed by atoms with Crippen molar-refractivity contribution in [2.75, 3.05) is 23.4 Å². The van der Waals surface area contributed by atoms with Crippen molar-refractivity contribution < 1.29 is 9.53 Å². The number of ether oxygens (including phenoxy) is 1. The van der Waals surface area contributed by atoms with Crippen LogP contribution in [0.3, 0.4) is 0 Å². The van der Waals surface area contributed by atoms with Crippen molar-refractivity contribution in [1.29, 1.82) is 0 Å². The molecule has 1 saturated heterocycles. The van der Waals surface area contributed by atoms with E-state index in [1.807, 2.05) is 31.2 Å². The van der Waals surface area contributed by atoms with Crippen LogP contribution in [-0.4, -0.2) is 29.2 Å². The Balaban J connectivity index is 1.70. The van der Waals surface area contributed by atoms with Gasteiger partial charge in [-0.2, -0.15) is 0 Å². The number of anilines is 2. The third kappa shape index (κ3) is 3.12. The maximum atomic E-state index is 11.5. The zero-order chi connectivity index (χ0) is 15.5. The minimum atomic E-state index is -0.298. The van der Waals surface area contributed by atoms with Gasteiger partial charge in [-0.25, -0.2) is 9.78 Å². The van der Waals surface area contributed by atoms with Gasteiger partial charge in [0.25, 0.3) is 0 Å². The van der Waals surface area contributed by atoms with Gasteiger partial charge in [-0.15, -0.1) is 0 Å². The molecule has 0 saturated carbocycles. The topological polar surface area (TPSA) is 67.3 Å². The number of carbonyl (C=O) groups excluding carboxylic acids is 1. The van der Waals surface area contributed by atoms with Crippen molar-refractivity contribution in [3.63, 3.8) is 0 Å². The summed E-state index contributed by atoms with van der Waals surface area (Å²) in [7, 11) is 0. The van der Waals surface area contributed by atoms with E-state index in [2.05, 4.69) is 15.3 Å². The molecule has 1 aromatic heterocycles.